The monoisotopic (exact) mass is 359 g/mol. The van der Waals surface area contributed by atoms with Crippen LogP contribution in [-0.4, -0.2) is 57.0 Å². The number of carbonyl (C=O) groups is 2. The molecule has 0 radical (unpaired) electrons. The van der Waals surface area contributed by atoms with Gasteiger partial charge in [0.1, 0.15) is 6.73 Å². The van der Waals surface area contributed by atoms with E-state index in [4.69, 9.17) is 9.47 Å². The number of rotatable bonds is 3. The van der Waals surface area contributed by atoms with Crippen molar-refractivity contribution < 1.29 is 19.1 Å². The molecule has 0 aliphatic carbocycles. The van der Waals surface area contributed by atoms with Gasteiger partial charge in [-0.15, -0.1) is 0 Å². The van der Waals surface area contributed by atoms with E-state index in [0.29, 0.717) is 12.8 Å². The van der Waals surface area contributed by atoms with Crippen molar-refractivity contribution in [3.8, 4) is 0 Å². The van der Waals surface area contributed by atoms with E-state index in [1.807, 2.05) is 23.1 Å². The molecular weight excluding hydrogens is 334 g/mol. The third-order valence-electron chi connectivity index (χ3n) is 5.70. The Hall–Kier alpha value is -2.12. The number of anilines is 2. The number of nitrogens with one attached hydrogen (secondary N) is 1. The second-order valence-corrected chi connectivity index (χ2v) is 7.49. The summed E-state index contributed by atoms with van der Waals surface area (Å²) in [6.45, 7) is 3.35. The van der Waals surface area contributed by atoms with Gasteiger partial charge in [0.25, 0.3) is 0 Å². The highest BCUT2D eigenvalue weighted by molar-refractivity contribution is 5.97. The maximum atomic E-state index is 12.6. The minimum absolute atomic E-state index is 0.0608. The van der Waals surface area contributed by atoms with E-state index < -0.39 is 0 Å². The number of ether oxygens (including phenoxy) is 2. The first-order chi connectivity index (χ1) is 12.6. The van der Waals surface area contributed by atoms with E-state index in [9.17, 15) is 9.59 Å². The molecule has 3 amide bonds. The smallest absolute Gasteiger partial charge is 0.321 e. The first kappa shape index (κ1) is 17.3. The lowest BCUT2D eigenvalue weighted by Crippen LogP contribution is -2.37. The van der Waals surface area contributed by atoms with Crippen molar-refractivity contribution in [2.45, 2.75) is 25.7 Å². The Morgan fingerprint density at radius 1 is 1.35 bits per heavy atom. The van der Waals surface area contributed by atoms with Crippen LogP contribution in [0.3, 0.4) is 0 Å². The van der Waals surface area contributed by atoms with Crippen LogP contribution in [0.2, 0.25) is 0 Å². The maximum Gasteiger partial charge on any atom is 0.321 e. The van der Waals surface area contributed by atoms with Gasteiger partial charge in [0, 0.05) is 50.0 Å². The van der Waals surface area contributed by atoms with E-state index in [0.717, 1.165) is 56.1 Å². The number of fused-ring (bicyclic) bond motifs is 1. The minimum atomic E-state index is -0.0608. The summed E-state index contributed by atoms with van der Waals surface area (Å²) in [6, 6.07) is 5.64. The zero-order valence-electron chi connectivity index (χ0n) is 15.1. The minimum Gasteiger partial charge on any atom is -0.381 e. The molecule has 3 aliphatic heterocycles. The molecule has 7 heteroatoms. The molecule has 1 aromatic rings. The predicted molar refractivity (Wildman–Crippen MR) is 97.2 cm³/mol. The molecule has 1 spiro atoms. The Kier molecular flexibility index (Phi) is 4.58. The summed E-state index contributed by atoms with van der Waals surface area (Å²) < 4.78 is 10.7. The van der Waals surface area contributed by atoms with Gasteiger partial charge in [0.2, 0.25) is 5.91 Å². The molecule has 0 unspecified atom stereocenters. The maximum absolute atomic E-state index is 12.6. The molecule has 3 aliphatic rings. The Bertz CT molecular complexity index is 715. The Labute approximate surface area is 153 Å². The molecule has 3 heterocycles. The number of hydrogen-bond acceptors (Lipinski definition) is 4. The molecule has 0 bridgehead atoms. The normalized spacial score (nSPS) is 25.0. The first-order valence-electron chi connectivity index (χ1n) is 9.16. The number of hydrogen-bond donors (Lipinski definition) is 1. The number of carbonyl (C=O) groups excluding carboxylic acids is 2. The molecular formula is C19H25N3O4. The summed E-state index contributed by atoms with van der Waals surface area (Å²) in [6.07, 6.45) is 3.20. The number of methoxy groups -OCH3 is 1. The molecule has 0 saturated carbocycles. The zero-order chi connectivity index (χ0) is 18.1. The van der Waals surface area contributed by atoms with Crippen LogP contribution in [0, 0.1) is 5.41 Å². The van der Waals surface area contributed by atoms with Crippen LogP contribution in [-0.2, 0) is 20.7 Å². The third kappa shape index (κ3) is 3.17. The van der Waals surface area contributed by atoms with Crippen molar-refractivity contribution in [2.75, 3.05) is 50.4 Å². The molecule has 7 nitrogen and oxygen atoms in total. The number of aryl methyl sites for hydroxylation is 1. The molecule has 2 saturated heterocycles. The van der Waals surface area contributed by atoms with Gasteiger partial charge < -0.3 is 19.7 Å². The van der Waals surface area contributed by atoms with E-state index in [1.54, 1.807) is 12.0 Å². The lowest BCUT2D eigenvalue weighted by Gasteiger charge is -2.29. The summed E-state index contributed by atoms with van der Waals surface area (Å²) >= 11 is 0. The number of amides is 3. The Morgan fingerprint density at radius 2 is 2.23 bits per heavy atom. The van der Waals surface area contributed by atoms with Gasteiger partial charge in [0.05, 0.1) is 6.61 Å². The summed E-state index contributed by atoms with van der Waals surface area (Å²) in [5.74, 6) is 0.0669. The number of likely N-dealkylation sites (tertiary alicyclic amines) is 1. The Morgan fingerprint density at radius 3 is 3.00 bits per heavy atom. The topological polar surface area (TPSA) is 71.1 Å². The highest BCUT2D eigenvalue weighted by atomic mass is 16.5. The second kappa shape index (κ2) is 6.89. The first-order valence-corrected chi connectivity index (χ1v) is 9.16. The molecule has 140 valence electrons. The molecule has 4 rings (SSSR count). The summed E-state index contributed by atoms with van der Waals surface area (Å²) in [5, 5.41) is 3.01. The predicted octanol–water partition coefficient (Wildman–Crippen LogP) is 2.21. The summed E-state index contributed by atoms with van der Waals surface area (Å²) in [4.78, 5) is 28.2. The SMILES string of the molecule is COCN1C(=O)CCc2cc(NC(=O)N3CC[C@]4(CCOC4)C3)ccc21. The number of benzene rings is 1. The van der Waals surface area contributed by atoms with Gasteiger partial charge in [-0.25, -0.2) is 4.79 Å². The lowest BCUT2D eigenvalue weighted by molar-refractivity contribution is -0.119. The highest BCUT2D eigenvalue weighted by Crippen LogP contribution is 2.38. The number of urea groups is 1. The largest absolute Gasteiger partial charge is 0.381 e. The van der Waals surface area contributed by atoms with Gasteiger partial charge in [-0.1, -0.05) is 0 Å². The molecule has 0 aromatic heterocycles. The van der Waals surface area contributed by atoms with E-state index in [1.165, 1.54) is 0 Å². The van der Waals surface area contributed by atoms with Crippen LogP contribution < -0.4 is 10.2 Å². The fourth-order valence-corrected chi connectivity index (χ4v) is 4.19. The van der Waals surface area contributed by atoms with Gasteiger partial charge in [0.15, 0.2) is 0 Å². The third-order valence-corrected chi connectivity index (χ3v) is 5.70. The molecule has 26 heavy (non-hydrogen) atoms. The van der Waals surface area contributed by atoms with E-state index in [-0.39, 0.29) is 24.1 Å². The van der Waals surface area contributed by atoms with Gasteiger partial charge in [-0.05, 0) is 43.0 Å². The number of nitrogens with zero attached hydrogens (tertiary/aromatic N) is 2. The molecule has 1 aromatic carbocycles. The highest BCUT2D eigenvalue weighted by Gasteiger charge is 2.42. The molecule has 1 N–H and O–H groups in total. The van der Waals surface area contributed by atoms with Crippen LogP contribution in [0.5, 0.6) is 0 Å². The van der Waals surface area contributed by atoms with Gasteiger partial charge in [-0.3, -0.25) is 9.69 Å². The van der Waals surface area contributed by atoms with Crippen molar-refractivity contribution in [2.24, 2.45) is 5.41 Å². The lowest BCUT2D eigenvalue weighted by atomic mass is 9.87. The van der Waals surface area contributed by atoms with E-state index in [2.05, 4.69) is 5.32 Å². The average Bonchev–Trinajstić information content (AvgIpc) is 3.28. The average molecular weight is 359 g/mol. The second-order valence-electron chi connectivity index (χ2n) is 7.49. The van der Waals surface area contributed by atoms with Crippen LogP contribution in [0.1, 0.15) is 24.8 Å². The van der Waals surface area contributed by atoms with Crippen molar-refractivity contribution >= 4 is 23.3 Å². The van der Waals surface area contributed by atoms with Crippen LogP contribution >= 0.6 is 0 Å². The van der Waals surface area contributed by atoms with Crippen LogP contribution in [0.15, 0.2) is 18.2 Å². The van der Waals surface area contributed by atoms with Crippen molar-refractivity contribution in [1.82, 2.24) is 4.90 Å². The van der Waals surface area contributed by atoms with Crippen LogP contribution in [0.4, 0.5) is 16.2 Å². The van der Waals surface area contributed by atoms with E-state index >= 15 is 0 Å². The van der Waals surface area contributed by atoms with Crippen molar-refractivity contribution in [3.63, 3.8) is 0 Å². The zero-order valence-corrected chi connectivity index (χ0v) is 15.1. The van der Waals surface area contributed by atoms with Crippen LogP contribution in [0.25, 0.3) is 0 Å². The van der Waals surface area contributed by atoms with Crippen molar-refractivity contribution in [3.05, 3.63) is 23.8 Å². The standard InChI is InChI=1S/C19H25N3O4/c1-25-13-22-16-4-3-15(10-14(16)2-5-17(22)23)20-18(24)21-8-6-19(11-21)7-9-26-12-19/h3-4,10H,2,5-9,11-13H2,1H3,(H,20,24)/t19-/m0/s1. The quantitative estimate of drug-likeness (QED) is 0.898. The van der Waals surface area contributed by atoms with Gasteiger partial charge >= 0.3 is 6.03 Å². The Balaban J connectivity index is 1.44. The van der Waals surface area contributed by atoms with Crippen molar-refractivity contribution in [1.29, 1.82) is 0 Å². The molecule has 2 fully saturated rings. The molecule has 1 atom stereocenters. The fourth-order valence-electron chi connectivity index (χ4n) is 4.19. The fraction of sp³-hybridized carbons (Fsp3) is 0.579. The van der Waals surface area contributed by atoms with Gasteiger partial charge in [-0.2, -0.15) is 0 Å². The summed E-state index contributed by atoms with van der Waals surface area (Å²) in [5.41, 5.74) is 2.85. The summed E-state index contributed by atoms with van der Waals surface area (Å²) in [7, 11) is 1.58.